The van der Waals surface area contributed by atoms with Gasteiger partial charge in [0.1, 0.15) is 19.8 Å². The van der Waals surface area contributed by atoms with E-state index in [1.54, 1.807) is 0 Å². The van der Waals surface area contributed by atoms with Crippen LogP contribution in [0, 0.1) is 0 Å². The zero-order chi connectivity index (χ0) is 59.8. The number of ether oxygens (including phenoxy) is 2. The van der Waals surface area contributed by atoms with Gasteiger partial charge in [-0.2, -0.15) is 0 Å². The summed E-state index contributed by atoms with van der Waals surface area (Å²) in [5.74, 6) is -0.812. The summed E-state index contributed by atoms with van der Waals surface area (Å²) in [7, 11) is 1.19. The van der Waals surface area contributed by atoms with Gasteiger partial charge in [-0.15, -0.1) is 0 Å². The monoisotopic (exact) mass is 1180 g/mol. The summed E-state index contributed by atoms with van der Waals surface area (Å²) in [6, 6.07) is 0. The number of likely N-dealkylation sites (N-methyl/N-ethyl adjacent to an activating group) is 1. The third-order valence-corrected chi connectivity index (χ3v) is 17.4. The van der Waals surface area contributed by atoms with Crippen molar-refractivity contribution in [3.63, 3.8) is 0 Å². The Balaban J connectivity index is 3.95. The van der Waals surface area contributed by atoms with Crippen LogP contribution in [0.2, 0.25) is 0 Å². The van der Waals surface area contributed by atoms with Crippen LogP contribution in [0.4, 0.5) is 0 Å². The zero-order valence-corrected chi connectivity index (χ0v) is 56.4. The molecule has 0 saturated carbocycles. The number of phosphoric ester groups is 1. The molecule has 0 aromatic heterocycles. The van der Waals surface area contributed by atoms with Gasteiger partial charge in [-0.25, -0.2) is 0 Å². The van der Waals surface area contributed by atoms with E-state index in [9.17, 15) is 19.0 Å². The third-order valence-electron chi connectivity index (χ3n) is 16.4. The maximum absolute atomic E-state index is 12.9. The van der Waals surface area contributed by atoms with E-state index in [1.807, 2.05) is 21.1 Å². The molecule has 0 aliphatic carbocycles. The van der Waals surface area contributed by atoms with Crippen molar-refractivity contribution in [3.05, 3.63) is 24.3 Å². The number of unbranched alkanes of at least 4 members (excludes halogenated alkanes) is 50. The molecule has 0 N–H and O–H groups in total. The first-order chi connectivity index (χ1) is 40.0. The van der Waals surface area contributed by atoms with E-state index in [0.29, 0.717) is 17.4 Å². The molecule has 0 aromatic rings. The fraction of sp³-hybridized carbons (Fsp3) is 0.917. The predicted molar refractivity (Wildman–Crippen MR) is 351 cm³/mol. The van der Waals surface area contributed by atoms with Crippen molar-refractivity contribution < 1.29 is 42.1 Å². The second kappa shape index (κ2) is 64.0. The minimum atomic E-state index is -4.64. The summed E-state index contributed by atoms with van der Waals surface area (Å²) in [6.45, 7) is 4.31. The number of phosphoric acid groups is 1. The first kappa shape index (κ1) is 80.5. The molecule has 0 aliphatic heterocycles. The maximum atomic E-state index is 12.9. The summed E-state index contributed by atoms with van der Waals surface area (Å²) < 4.78 is 34.3. The average molecular weight is 1180 g/mol. The molecule has 2 atom stereocenters. The number of allylic oxidation sites excluding steroid dienone is 4. The summed E-state index contributed by atoms with van der Waals surface area (Å²) in [6.07, 6.45) is 79.9. The van der Waals surface area contributed by atoms with Crippen molar-refractivity contribution in [3.8, 4) is 0 Å². The Bertz CT molecular complexity index is 1430. The van der Waals surface area contributed by atoms with Gasteiger partial charge in [-0.3, -0.25) is 14.2 Å². The van der Waals surface area contributed by atoms with Crippen LogP contribution >= 0.6 is 7.82 Å². The summed E-state index contributed by atoms with van der Waals surface area (Å²) >= 11 is 0. The normalized spacial score (nSPS) is 13.2. The van der Waals surface area contributed by atoms with Crippen molar-refractivity contribution in [2.24, 2.45) is 0 Å². The number of rotatable bonds is 68. The molecule has 0 aliphatic rings. The molecule has 0 fully saturated rings. The van der Waals surface area contributed by atoms with Gasteiger partial charge in [0, 0.05) is 12.8 Å². The van der Waals surface area contributed by atoms with Crippen LogP contribution in [0.15, 0.2) is 24.3 Å². The lowest BCUT2D eigenvalue weighted by Crippen LogP contribution is -2.37. The Morgan fingerprint density at radius 1 is 0.366 bits per heavy atom. The Labute approximate surface area is 510 Å². The van der Waals surface area contributed by atoms with Crippen molar-refractivity contribution in [2.75, 3.05) is 47.5 Å². The zero-order valence-electron chi connectivity index (χ0n) is 55.5. The summed E-state index contributed by atoms with van der Waals surface area (Å²) in [5.41, 5.74) is 0. The molecule has 0 aromatic carbocycles. The molecule has 10 heteroatoms. The molecule has 0 radical (unpaired) electrons. The van der Waals surface area contributed by atoms with E-state index in [0.717, 1.165) is 32.1 Å². The van der Waals surface area contributed by atoms with Gasteiger partial charge >= 0.3 is 11.9 Å². The lowest BCUT2D eigenvalue weighted by molar-refractivity contribution is -0.870. The molecular weight excluding hydrogens is 1040 g/mol. The fourth-order valence-corrected chi connectivity index (χ4v) is 11.6. The van der Waals surface area contributed by atoms with Crippen molar-refractivity contribution in [1.82, 2.24) is 0 Å². The van der Waals surface area contributed by atoms with E-state index >= 15 is 0 Å². The van der Waals surface area contributed by atoms with Crippen LogP contribution in [-0.2, 0) is 32.7 Å². The number of hydrogen-bond donors (Lipinski definition) is 0. The molecule has 486 valence electrons. The molecule has 0 saturated heterocycles. The van der Waals surface area contributed by atoms with E-state index in [4.69, 9.17) is 18.5 Å². The first-order valence-corrected chi connectivity index (χ1v) is 37.5. The van der Waals surface area contributed by atoms with Crippen LogP contribution < -0.4 is 4.89 Å². The molecular formula is C72H140NO8P. The number of carbonyl (C=O) groups excluding carboxylic acids is 2. The largest absolute Gasteiger partial charge is 0.756 e. The third kappa shape index (κ3) is 67.6. The first-order valence-electron chi connectivity index (χ1n) is 36.0. The number of esters is 2. The smallest absolute Gasteiger partial charge is 0.306 e. The van der Waals surface area contributed by atoms with Crippen LogP contribution in [0.3, 0.4) is 0 Å². The molecule has 0 amide bonds. The van der Waals surface area contributed by atoms with Gasteiger partial charge < -0.3 is 27.9 Å². The lowest BCUT2D eigenvalue weighted by atomic mass is 10.0. The van der Waals surface area contributed by atoms with E-state index < -0.39 is 26.5 Å². The van der Waals surface area contributed by atoms with Crippen LogP contribution in [0.25, 0.3) is 0 Å². The number of hydrogen-bond acceptors (Lipinski definition) is 8. The van der Waals surface area contributed by atoms with Gasteiger partial charge in [0.05, 0.1) is 27.7 Å². The van der Waals surface area contributed by atoms with Gasteiger partial charge in [0.2, 0.25) is 0 Å². The number of carbonyl (C=O) groups is 2. The molecule has 0 rings (SSSR count). The van der Waals surface area contributed by atoms with Crippen molar-refractivity contribution >= 4 is 19.8 Å². The summed E-state index contributed by atoms with van der Waals surface area (Å²) in [4.78, 5) is 38.1. The average Bonchev–Trinajstić information content (AvgIpc) is 3.45. The highest BCUT2D eigenvalue weighted by Gasteiger charge is 2.22. The minimum Gasteiger partial charge on any atom is -0.756 e. The SMILES string of the molecule is CCCCCCCCCC/C=C\CCCCCCCCCCCCCCCCCCCCCCCCCC(=O)OC(COC(=O)CCCCCCCCCCCCC/C=C\CCCCCCCCCC)COP(=O)([O-])OCC[N+](C)(C)C. The number of quaternary nitrogens is 1. The van der Waals surface area contributed by atoms with Gasteiger partial charge in [-0.05, 0) is 64.2 Å². The fourth-order valence-electron chi connectivity index (χ4n) is 10.9. The molecule has 0 spiro atoms. The number of nitrogens with zero attached hydrogens (tertiary/aromatic N) is 1. The minimum absolute atomic E-state index is 0.0274. The van der Waals surface area contributed by atoms with Gasteiger partial charge in [-0.1, -0.05) is 321 Å². The Morgan fingerprint density at radius 2 is 0.622 bits per heavy atom. The molecule has 0 heterocycles. The Kier molecular flexibility index (Phi) is 62.8. The quantitative estimate of drug-likeness (QED) is 0.0195. The summed E-state index contributed by atoms with van der Waals surface area (Å²) in [5, 5.41) is 0. The highest BCUT2D eigenvalue weighted by molar-refractivity contribution is 7.45. The van der Waals surface area contributed by atoms with Crippen molar-refractivity contribution in [1.29, 1.82) is 0 Å². The highest BCUT2D eigenvalue weighted by Crippen LogP contribution is 2.38. The van der Waals surface area contributed by atoms with E-state index in [1.165, 1.54) is 308 Å². The van der Waals surface area contributed by atoms with E-state index in [-0.39, 0.29) is 32.0 Å². The molecule has 82 heavy (non-hydrogen) atoms. The predicted octanol–water partition coefficient (Wildman–Crippen LogP) is 22.6. The second-order valence-corrected chi connectivity index (χ2v) is 27.4. The molecule has 9 nitrogen and oxygen atoms in total. The Hall–Kier alpha value is -1.51. The van der Waals surface area contributed by atoms with Crippen molar-refractivity contribution in [2.45, 2.75) is 380 Å². The van der Waals surface area contributed by atoms with Crippen LogP contribution in [0.5, 0.6) is 0 Å². The highest BCUT2D eigenvalue weighted by atomic mass is 31.2. The Morgan fingerprint density at radius 3 is 0.902 bits per heavy atom. The standard InChI is InChI=1S/C72H140NO8P/c1-6-8-10-12-14-16-18-20-22-24-26-28-30-31-32-33-34-35-36-37-38-39-40-41-43-45-47-49-51-53-55-57-59-61-63-65-72(75)81-70(69-80-82(76,77)79-67-66-73(3,4)5)68-78-71(74)64-62-60-58-56-54-52-50-48-46-44-42-29-27-25-23-21-19-17-15-13-11-9-7-2/h24-27,70H,6-23,28-69H2,1-5H3/b26-24-,27-25-. The lowest BCUT2D eigenvalue weighted by Gasteiger charge is -2.28. The van der Waals surface area contributed by atoms with E-state index in [2.05, 4.69) is 38.2 Å². The van der Waals surface area contributed by atoms with Gasteiger partial charge in [0.15, 0.2) is 6.10 Å². The van der Waals surface area contributed by atoms with Crippen LogP contribution in [-0.4, -0.2) is 70.0 Å². The topological polar surface area (TPSA) is 111 Å². The van der Waals surface area contributed by atoms with Gasteiger partial charge in [0.25, 0.3) is 7.82 Å². The second-order valence-electron chi connectivity index (χ2n) is 26.0. The maximum Gasteiger partial charge on any atom is 0.306 e. The molecule has 2 unspecified atom stereocenters. The molecule has 0 bridgehead atoms. The van der Waals surface area contributed by atoms with Crippen LogP contribution in [0.1, 0.15) is 373 Å².